The van der Waals surface area contributed by atoms with Gasteiger partial charge in [0.15, 0.2) is 0 Å². The zero-order valence-corrected chi connectivity index (χ0v) is 23.2. The average Bonchev–Trinajstić information content (AvgIpc) is 3.28. The van der Waals surface area contributed by atoms with Crippen molar-refractivity contribution in [1.82, 2.24) is 15.0 Å². The highest BCUT2D eigenvalue weighted by Gasteiger charge is 2.26. The molecule has 198 valence electrons. The molecule has 3 heterocycles. The van der Waals surface area contributed by atoms with Crippen LogP contribution in [0.2, 0.25) is 5.02 Å². The molecule has 37 heavy (non-hydrogen) atoms. The lowest BCUT2D eigenvalue weighted by Crippen LogP contribution is -2.40. The predicted molar refractivity (Wildman–Crippen MR) is 156 cm³/mol. The number of H-pyrrole nitrogens is 1. The van der Waals surface area contributed by atoms with Gasteiger partial charge in [0.05, 0.1) is 22.3 Å². The second-order valence-corrected chi connectivity index (χ2v) is 9.51. The van der Waals surface area contributed by atoms with Crippen molar-refractivity contribution in [3.63, 3.8) is 0 Å². The molecule has 0 spiro atoms. The predicted octanol–water partition coefficient (Wildman–Crippen LogP) is 7.35. The van der Waals surface area contributed by atoms with Crippen LogP contribution in [0.3, 0.4) is 0 Å². The van der Waals surface area contributed by atoms with Crippen LogP contribution in [0.4, 0.5) is 15.9 Å². The molecule has 0 unspecified atom stereocenters. The summed E-state index contributed by atoms with van der Waals surface area (Å²) in [6.07, 6.45) is 4.69. The van der Waals surface area contributed by atoms with E-state index >= 15 is 0 Å². The van der Waals surface area contributed by atoms with Gasteiger partial charge in [-0.25, -0.2) is 14.4 Å². The van der Waals surface area contributed by atoms with Gasteiger partial charge in [0.1, 0.15) is 17.5 Å². The van der Waals surface area contributed by atoms with E-state index in [2.05, 4.69) is 28.7 Å². The van der Waals surface area contributed by atoms with E-state index in [4.69, 9.17) is 28.1 Å². The zero-order chi connectivity index (χ0) is 27.1. The minimum absolute atomic E-state index is 0.169. The van der Waals surface area contributed by atoms with E-state index in [1.807, 2.05) is 39.0 Å². The summed E-state index contributed by atoms with van der Waals surface area (Å²) in [5.74, 6) is 0.674. The van der Waals surface area contributed by atoms with Gasteiger partial charge in [0.25, 0.3) is 0 Å². The first-order chi connectivity index (χ1) is 17.8. The summed E-state index contributed by atoms with van der Waals surface area (Å²) in [5, 5.41) is 0.619. The van der Waals surface area contributed by atoms with Crippen LogP contribution < -0.4 is 16.4 Å². The van der Waals surface area contributed by atoms with Crippen LogP contribution in [0.1, 0.15) is 52.5 Å². The van der Waals surface area contributed by atoms with E-state index in [9.17, 15) is 4.39 Å². The first kappa shape index (κ1) is 28.4. The molecule has 1 saturated heterocycles. The number of pyridine rings is 1. The fraction of sp³-hybridized carbons (Fsp3) is 0.379. The highest BCUT2D eigenvalue weighted by molar-refractivity contribution is 6.31. The molecule has 8 heteroatoms. The first-order valence-corrected chi connectivity index (χ1v) is 13.4. The van der Waals surface area contributed by atoms with E-state index in [-0.39, 0.29) is 11.9 Å². The van der Waals surface area contributed by atoms with E-state index in [1.165, 1.54) is 18.6 Å². The molecule has 4 aromatic rings. The number of fused-ring (bicyclic) bond motifs is 1. The number of imidazole rings is 1. The summed E-state index contributed by atoms with van der Waals surface area (Å²) in [4.78, 5) is 14.8. The Morgan fingerprint density at radius 3 is 2.43 bits per heavy atom. The Hall–Kier alpha value is -3.16. The molecule has 1 aliphatic rings. The number of nitrogen functional groups attached to an aromatic ring is 1. The molecular weight excluding hydrogens is 487 g/mol. The van der Waals surface area contributed by atoms with Crippen LogP contribution in [-0.4, -0.2) is 34.1 Å². The SMILES string of the molecule is CC.CCC.Cc1cc(F)cc(-c2cnc(N)c(-c3nc4ccc(Cl)cc4[nH]3)c2N2CCC(N)CC2)c1. The highest BCUT2D eigenvalue weighted by atomic mass is 35.5. The van der Waals surface area contributed by atoms with Gasteiger partial charge in [-0.2, -0.15) is 0 Å². The molecule has 0 amide bonds. The maximum Gasteiger partial charge on any atom is 0.144 e. The largest absolute Gasteiger partial charge is 0.383 e. The molecule has 6 nitrogen and oxygen atoms in total. The van der Waals surface area contributed by atoms with Crippen molar-refractivity contribution >= 4 is 34.1 Å². The summed E-state index contributed by atoms with van der Waals surface area (Å²) in [6, 6.07) is 10.7. The molecule has 0 radical (unpaired) electrons. The standard InChI is InChI=1S/C24H24ClFN6.C3H8.C2H6/c1-13-8-14(10-16(26)9-13)18-12-29-23(28)21(22(18)32-6-4-17(27)5-7-32)24-30-19-3-2-15(25)11-20(19)31-24;1-3-2;1-2/h2-3,8-12,17H,4-7,27H2,1H3,(H2,28,29)(H,30,31);3H2,1-2H3;1-2H3. The maximum absolute atomic E-state index is 14.3. The van der Waals surface area contributed by atoms with Crippen LogP contribution in [0.5, 0.6) is 0 Å². The van der Waals surface area contributed by atoms with E-state index < -0.39 is 0 Å². The zero-order valence-electron chi connectivity index (χ0n) is 22.4. The summed E-state index contributed by atoms with van der Waals surface area (Å²) in [6.45, 7) is 11.7. The number of rotatable bonds is 3. The molecule has 1 aliphatic heterocycles. The first-order valence-electron chi connectivity index (χ1n) is 13.0. The Bertz CT molecular complexity index is 1310. The van der Waals surface area contributed by atoms with E-state index in [0.29, 0.717) is 22.2 Å². The third-order valence-corrected chi connectivity index (χ3v) is 6.21. The third kappa shape index (κ3) is 6.59. The molecule has 0 atom stereocenters. The van der Waals surface area contributed by atoms with Gasteiger partial charge in [-0.3, -0.25) is 0 Å². The van der Waals surface area contributed by atoms with Gasteiger partial charge < -0.3 is 21.4 Å². The van der Waals surface area contributed by atoms with Gasteiger partial charge in [-0.15, -0.1) is 0 Å². The van der Waals surface area contributed by atoms with Crippen LogP contribution in [0, 0.1) is 12.7 Å². The van der Waals surface area contributed by atoms with Crippen molar-refractivity contribution in [2.24, 2.45) is 5.73 Å². The molecule has 1 fully saturated rings. The molecule has 2 aromatic heterocycles. The number of hydrogen-bond acceptors (Lipinski definition) is 5. The lowest BCUT2D eigenvalue weighted by atomic mass is 9.97. The number of nitrogens with two attached hydrogens (primary N) is 2. The van der Waals surface area contributed by atoms with Crippen molar-refractivity contribution < 1.29 is 4.39 Å². The smallest absolute Gasteiger partial charge is 0.144 e. The Morgan fingerprint density at radius 1 is 1.11 bits per heavy atom. The number of benzene rings is 2. The molecule has 0 aliphatic carbocycles. The van der Waals surface area contributed by atoms with Gasteiger partial charge >= 0.3 is 0 Å². The topological polar surface area (TPSA) is 96.8 Å². The fourth-order valence-electron chi connectivity index (χ4n) is 4.40. The van der Waals surface area contributed by atoms with Gasteiger partial charge in [0.2, 0.25) is 0 Å². The van der Waals surface area contributed by atoms with Crippen molar-refractivity contribution in [1.29, 1.82) is 0 Å². The van der Waals surface area contributed by atoms with Crippen LogP contribution in [0.25, 0.3) is 33.5 Å². The number of piperidine rings is 1. The monoisotopic (exact) mass is 524 g/mol. The number of aromatic nitrogens is 3. The summed E-state index contributed by atoms with van der Waals surface area (Å²) >= 11 is 6.17. The second kappa shape index (κ2) is 12.9. The number of aryl methyl sites for hydroxylation is 1. The Kier molecular flexibility index (Phi) is 9.89. The molecule has 0 bridgehead atoms. The Labute approximate surface area is 224 Å². The van der Waals surface area contributed by atoms with Crippen LogP contribution in [0.15, 0.2) is 42.6 Å². The Balaban J connectivity index is 0.000000711. The molecule has 5 N–H and O–H groups in total. The van der Waals surface area contributed by atoms with Crippen LogP contribution >= 0.6 is 11.6 Å². The Morgan fingerprint density at radius 2 is 1.78 bits per heavy atom. The number of anilines is 2. The van der Waals surface area contributed by atoms with E-state index in [1.54, 1.807) is 12.3 Å². The number of aromatic amines is 1. The number of halogens is 2. The average molecular weight is 525 g/mol. The quantitative estimate of drug-likeness (QED) is 0.260. The summed E-state index contributed by atoms with van der Waals surface area (Å²) in [7, 11) is 0. The van der Waals surface area contributed by atoms with Gasteiger partial charge in [0, 0.05) is 35.9 Å². The lowest BCUT2D eigenvalue weighted by Gasteiger charge is -2.34. The molecule has 5 rings (SSSR count). The summed E-state index contributed by atoms with van der Waals surface area (Å²) < 4.78 is 14.3. The van der Waals surface area contributed by atoms with Crippen molar-refractivity contribution in [2.75, 3.05) is 23.7 Å². The van der Waals surface area contributed by atoms with Crippen molar-refractivity contribution in [3.05, 3.63) is 59.0 Å². The fourth-order valence-corrected chi connectivity index (χ4v) is 4.58. The maximum atomic E-state index is 14.3. The number of hydrogen-bond donors (Lipinski definition) is 3. The number of nitrogens with zero attached hydrogens (tertiary/aromatic N) is 3. The minimum atomic E-state index is -0.289. The van der Waals surface area contributed by atoms with Gasteiger partial charge in [-0.05, 0) is 61.2 Å². The van der Waals surface area contributed by atoms with Crippen molar-refractivity contribution in [3.8, 4) is 22.5 Å². The van der Waals surface area contributed by atoms with Crippen molar-refractivity contribution in [2.45, 2.75) is 59.9 Å². The lowest BCUT2D eigenvalue weighted by molar-refractivity contribution is 0.501. The third-order valence-electron chi connectivity index (χ3n) is 5.97. The molecule has 0 saturated carbocycles. The van der Waals surface area contributed by atoms with Gasteiger partial charge in [-0.1, -0.05) is 51.8 Å². The molecular formula is C29H38ClFN6. The molecule has 2 aromatic carbocycles. The summed E-state index contributed by atoms with van der Waals surface area (Å²) in [5.41, 5.74) is 18.2. The highest BCUT2D eigenvalue weighted by Crippen LogP contribution is 2.43. The van der Waals surface area contributed by atoms with Crippen LogP contribution in [-0.2, 0) is 0 Å². The number of nitrogens with one attached hydrogen (secondary N) is 1. The second-order valence-electron chi connectivity index (χ2n) is 9.08. The minimum Gasteiger partial charge on any atom is -0.383 e. The van der Waals surface area contributed by atoms with E-state index in [0.717, 1.165) is 59.3 Å². The normalized spacial score (nSPS) is 13.6.